The highest BCUT2D eigenvalue weighted by Gasteiger charge is 2.10. The van der Waals surface area contributed by atoms with Crippen LogP contribution < -0.4 is 5.32 Å². The molecule has 0 spiro atoms. The third kappa shape index (κ3) is 2.53. The molecule has 92 valence electrons. The molecular weight excluding hydrogens is 248 g/mol. The summed E-state index contributed by atoms with van der Waals surface area (Å²) in [7, 11) is 0. The van der Waals surface area contributed by atoms with E-state index in [4.69, 9.17) is 4.42 Å². The number of aromatic nitrogens is 2. The van der Waals surface area contributed by atoms with Gasteiger partial charge < -0.3 is 9.73 Å². The van der Waals surface area contributed by atoms with Crippen molar-refractivity contribution in [2.45, 2.75) is 6.54 Å². The first-order chi connectivity index (χ1) is 8.92. The van der Waals surface area contributed by atoms with E-state index >= 15 is 0 Å². The Morgan fingerprint density at radius 2 is 2.11 bits per heavy atom. The van der Waals surface area contributed by atoms with Gasteiger partial charge in [-0.15, -0.1) is 10.2 Å². The van der Waals surface area contributed by atoms with Gasteiger partial charge >= 0.3 is 0 Å². The zero-order valence-corrected chi connectivity index (χ0v) is 10.5. The average Bonchev–Trinajstić information content (AvgIpc) is 3.09. The van der Waals surface area contributed by atoms with E-state index < -0.39 is 0 Å². The van der Waals surface area contributed by atoms with E-state index in [2.05, 4.69) is 20.5 Å². The second kappa shape index (κ2) is 5.22. The van der Waals surface area contributed by atoms with Crippen LogP contribution in [0.15, 0.2) is 39.7 Å². The van der Waals surface area contributed by atoms with Crippen LogP contribution in [0.25, 0.3) is 11.5 Å². The highest BCUT2D eigenvalue weighted by atomic mass is 32.2. The lowest BCUT2D eigenvalue weighted by molar-refractivity contribution is 0.499. The summed E-state index contributed by atoms with van der Waals surface area (Å²) in [4.78, 5) is 4.29. The molecule has 5 nitrogen and oxygen atoms in total. The van der Waals surface area contributed by atoms with Gasteiger partial charge in [0.15, 0.2) is 5.17 Å². The quantitative estimate of drug-likeness (QED) is 0.913. The van der Waals surface area contributed by atoms with E-state index in [0.29, 0.717) is 18.3 Å². The molecule has 0 bridgehead atoms. The van der Waals surface area contributed by atoms with Crippen molar-refractivity contribution in [3.8, 4) is 11.5 Å². The molecule has 0 unspecified atom stereocenters. The van der Waals surface area contributed by atoms with Crippen LogP contribution in [0.3, 0.4) is 0 Å². The highest BCUT2D eigenvalue weighted by Crippen LogP contribution is 2.17. The summed E-state index contributed by atoms with van der Waals surface area (Å²) in [5.41, 5.74) is 0.934. The van der Waals surface area contributed by atoms with Crippen molar-refractivity contribution in [2.24, 2.45) is 4.99 Å². The summed E-state index contributed by atoms with van der Waals surface area (Å²) in [5, 5.41) is 12.2. The third-order valence-electron chi connectivity index (χ3n) is 2.46. The van der Waals surface area contributed by atoms with E-state index in [1.165, 1.54) is 0 Å². The Morgan fingerprint density at radius 3 is 2.89 bits per heavy atom. The van der Waals surface area contributed by atoms with Crippen molar-refractivity contribution < 1.29 is 4.42 Å². The molecular formula is C12H12N4OS. The molecule has 0 saturated carbocycles. The lowest BCUT2D eigenvalue weighted by Gasteiger charge is -1.99. The average molecular weight is 260 g/mol. The van der Waals surface area contributed by atoms with Crippen molar-refractivity contribution in [1.82, 2.24) is 15.5 Å². The number of aliphatic imine (C=N–C) groups is 1. The van der Waals surface area contributed by atoms with E-state index in [1.807, 2.05) is 30.3 Å². The molecule has 1 aromatic carbocycles. The second-order valence-electron chi connectivity index (χ2n) is 3.76. The van der Waals surface area contributed by atoms with Crippen LogP contribution in [0.2, 0.25) is 0 Å². The zero-order valence-electron chi connectivity index (χ0n) is 9.67. The smallest absolute Gasteiger partial charge is 0.247 e. The fraction of sp³-hybridized carbons (Fsp3) is 0.250. The van der Waals surface area contributed by atoms with Gasteiger partial charge in [-0.05, 0) is 12.1 Å². The largest absolute Gasteiger partial charge is 0.419 e. The van der Waals surface area contributed by atoms with Gasteiger partial charge in [0.05, 0.1) is 13.1 Å². The van der Waals surface area contributed by atoms with Crippen LogP contribution in [0.1, 0.15) is 5.89 Å². The molecule has 2 aromatic rings. The Labute approximate surface area is 109 Å². The Bertz CT molecular complexity index is 552. The molecule has 2 heterocycles. The van der Waals surface area contributed by atoms with Crippen LogP contribution in [0.5, 0.6) is 0 Å². The fourth-order valence-electron chi connectivity index (χ4n) is 1.62. The summed E-state index contributed by atoms with van der Waals surface area (Å²) in [6, 6.07) is 9.74. The summed E-state index contributed by atoms with van der Waals surface area (Å²) in [6.07, 6.45) is 0. The molecule has 1 aromatic heterocycles. The van der Waals surface area contributed by atoms with Gasteiger partial charge in [-0.2, -0.15) is 0 Å². The predicted molar refractivity (Wildman–Crippen MR) is 71.3 cm³/mol. The van der Waals surface area contributed by atoms with Crippen LogP contribution in [0.4, 0.5) is 0 Å². The van der Waals surface area contributed by atoms with E-state index in [0.717, 1.165) is 23.0 Å². The van der Waals surface area contributed by atoms with Crippen LogP contribution in [-0.2, 0) is 6.54 Å². The molecule has 0 amide bonds. The summed E-state index contributed by atoms with van der Waals surface area (Å²) < 4.78 is 5.58. The highest BCUT2D eigenvalue weighted by molar-refractivity contribution is 8.14. The standard InChI is InChI=1S/C12H12N4OS/c1-2-4-9(5-3-1)11-16-15-10(17-11)8-14-12-13-6-7-18-12/h1-5H,6-8H2,(H,13,14). The third-order valence-corrected chi connectivity index (χ3v) is 3.40. The summed E-state index contributed by atoms with van der Waals surface area (Å²) in [6.45, 7) is 1.40. The Morgan fingerprint density at radius 1 is 1.22 bits per heavy atom. The second-order valence-corrected chi connectivity index (χ2v) is 4.84. The van der Waals surface area contributed by atoms with Crippen molar-refractivity contribution in [2.75, 3.05) is 12.3 Å². The molecule has 0 radical (unpaired) electrons. The fourth-order valence-corrected chi connectivity index (χ4v) is 2.35. The lowest BCUT2D eigenvalue weighted by atomic mass is 10.2. The van der Waals surface area contributed by atoms with Gasteiger partial charge in [0.1, 0.15) is 0 Å². The normalized spacial score (nSPS) is 14.6. The first-order valence-corrected chi connectivity index (χ1v) is 6.69. The molecule has 6 heteroatoms. The molecule has 1 aliphatic rings. The van der Waals surface area contributed by atoms with Crippen LogP contribution in [0, 0.1) is 0 Å². The molecule has 0 aliphatic carbocycles. The van der Waals surface area contributed by atoms with Gasteiger partial charge in [-0.3, -0.25) is 4.99 Å². The Balaban J connectivity index is 1.66. The number of hydrogen-bond acceptors (Lipinski definition) is 6. The minimum absolute atomic E-state index is 0.520. The van der Waals surface area contributed by atoms with Crippen molar-refractivity contribution in [3.05, 3.63) is 36.2 Å². The van der Waals surface area contributed by atoms with Gasteiger partial charge in [-0.1, -0.05) is 30.0 Å². The maximum atomic E-state index is 5.58. The van der Waals surface area contributed by atoms with Crippen molar-refractivity contribution in [1.29, 1.82) is 0 Å². The number of amidine groups is 1. The maximum absolute atomic E-state index is 5.58. The first kappa shape index (κ1) is 11.3. The number of benzene rings is 1. The van der Waals surface area contributed by atoms with Gasteiger partial charge in [0.25, 0.3) is 0 Å². The number of nitrogens with one attached hydrogen (secondary N) is 1. The molecule has 1 N–H and O–H groups in total. The maximum Gasteiger partial charge on any atom is 0.247 e. The van der Waals surface area contributed by atoms with Crippen molar-refractivity contribution in [3.63, 3.8) is 0 Å². The van der Waals surface area contributed by atoms with E-state index in [9.17, 15) is 0 Å². The van der Waals surface area contributed by atoms with Crippen LogP contribution in [-0.4, -0.2) is 27.7 Å². The number of hydrogen-bond donors (Lipinski definition) is 1. The predicted octanol–water partition coefficient (Wildman–Crippen LogP) is 1.93. The Kier molecular flexibility index (Phi) is 3.27. The molecule has 0 fully saturated rings. The summed E-state index contributed by atoms with van der Waals surface area (Å²) in [5.74, 6) is 2.17. The van der Waals surface area contributed by atoms with Gasteiger partial charge in [-0.25, -0.2) is 0 Å². The van der Waals surface area contributed by atoms with Gasteiger partial charge in [0.2, 0.25) is 11.8 Å². The van der Waals surface area contributed by atoms with E-state index in [-0.39, 0.29) is 0 Å². The number of thioether (sulfide) groups is 1. The summed E-state index contributed by atoms with van der Waals surface area (Å²) >= 11 is 1.71. The zero-order chi connectivity index (χ0) is 12.2. The Hall–Kier alpha value is -1.82. The van der Waals surface area contributed by atoms with Crippen molar-refractivity contribution >= 4 is 16.9 Å². The SMILES string of the molecule is c1ccc(-c2nnc(CNC3=NCCS3)o2)cc1. The minimum atomic E-state index is 0.520. The monoisotopic (exact) mass is 260 g/mol. The van der Waals surface area contributed by atoms with Gasteiger partial charge in [0, 0.05) is 11.3 Å². The van der Waals surface area contributed by atoms with E-state index in [1.54, 1.807) is 11.8 Å². The topological polar surface area (TPSA) is 63.3 Å². The van der Waals surface area contributed by atoms with Crippen LogP contribution >= 0.6 is 11.8 Å². The molecule has 0 saturated heterocycles. The number of rotatable bonds is 3. The first-order valence-electron chi connectivity index (χ1n) is 5.71. The minimum Gasteiger partial charge on any atom is -0.419 e. The lowest BCUT2D eigenvalue weighted by Crippen LogP contribution is -2.18. The molecule has 18 heavy (non-hydrogen) atoms. The molecule has 3 rings (SSSR count). The number of nitrogens with zero attached hydrogens (tertiary/aromatic N) is 3. The molecule has 1 aliphatic heterocycles. The molecule has 0 atom stereocenters.